The molecule has 1 aliphatic heterocycles. The third kappa shape index (κ3) is 4.56. The van der Waals surface area contributed by atoms with Crippen molar-refractivity contribution in [3.05, 3.63) is 35.9 Å². The number of rotatable bonds is 5. The first-order valence-electron chi connectivity index (χ1n) is 7.35. The van der Waals surface area contributed by atoms with Crippen molar-refractivity contribution in [3.63, 3.8) is 0 Å². The Kier molecular flexibility index (Phi) is 5.33. The lowest BCUT2D eigenvalue weighted by atomic mass is 10.0. The highest BCUT2D eigenvalue weighted by molar-refractivity contribution is 5.96. The molecule has 0 aromatic heterocycles. The number of hydrogen-bond donors (Lipinski definition) is 2. The molecule has 0 bridgehead atoms. The van der Waals surface area contributed by atoms with E-state index in [0.717, 1.165) is 32.5 Å². The summed E-state index contributed by atoms with van der Waals surface area (Å²) in [6, 6.07) is 10.4. The van der Waals surface area contributed by atoms with Crippen molar-refractivity contribution < 1.29 is 14.7 Å². The van der Waals surface area contributed by atoms with Crippen LogP contribution in [0, 0.1) is 5.92 Å². The first-order chi connectivity index (χ1) is 10.1. The second-order valence-electron chi connectivity index (χ2n) is 5.60. The normalized spacial score (nSPS) is 18.1. The number of aliphatic carboxylic acids is 1. The Bertz CT molecular complexity index is 482. The van der Waals surface area contributed by atoms with E-state index in [1.54, 1.807) is 0 Å². The molecule has 2 N–H and O–H groups in total. The number of nitrogens with one attached hydrogen (secondary N) is 1. The van der Waals surface area contributed by atoms with Crippen LogP contribution < -0.4 is 5.32 Å². The molecule has 1 aromatic carbocycles. The van der Waals surface area contributed by atoms with Crippen LogP contribution in [0.25, 0.3) is 0 Å². The highest BCUT2D eigenvalue weighted by Gasteiger charge is 2.25. The Hall–Kier alpha value is -1.88. The Morgan fingerprint density at radius 2 is 1.90 bits per heavy atom. The van der Waals surface area contributed by atoms with Gasteiger partial charge in [0.15, 0.2) is 0 Å². The number of likely N-dealkylation sites (tertiary alicyclic amines) is 1. The van der Waals surface area contributed by atoms with E-state index in [4.69, 9.17) is 5.11 Å². The summed E-state index contributed by atoms with van der Waals surface area (Å²) < 4.78 is 0. The van der Waals surface area contributed by atoms with E-state index >= 15 is 0 Å². The molecule has 1 fully saturated rings. The molecule has 1 saturated heterocycles. The molecule has 21 heavy (non-hydrogen) atoms. The summed E-state index contributed by atoms with van der Waals surface area (Å²) >= 11 is 0. The van der Waals surface area contributed by atoms with Gasteiger partial charge in [-0.3, -0.25) is 14.5 Å². The average Bonchev–Trinajstić information content (AvgIpc) is 2.49. The molecule has 5 nitrogen and oxygen atoms in total. The molecule has 0 radical (unpaired) electrons. The molecule has 1 atom stereocenters. The minimum atomic E-state index is -1.07. The quantitative estimate of drug-likeness (QED) is 0.806. The van der Waals surface area contributed by atoms with Crippen LogP contribution in [-0.4, -0.2) is 41.0 Å². The number of carboxylic acids is 1. The van der Waals surface area contributed by atoms with E-state index in [1.807, 2.05) is 18.2 Å². The maximum absolute atomic E-state index is 11.7. The number of benzene rings is 1. The summed E-state index contributed by atoms with van der Waals surface area (Å²) in [5.74, 6) is -2.44. The van der Waals surface area contributed by atoms with Gasteiger partial charge in [-0.15, -0.1) is 0 Å². The fourth-order valence-corrected chi connectivity index (χ4v) is 2.52. The second-order valence-corrected chi connectivity index (χ2v) is 5.60. The van der Waals surface area contributed by atoms with Gasteiger partial charge in [0.2, 0.25) is 5.91 Å². The maximum Gasteiger partial charge on any atom is 0.315 e. The molecule has 0 saturated carbocycles. The predicted octanol–water partition coefficient (Wildman–Crippen LogP) is 1.49. The third-order valence-electron chi connectivity index (χ3n) is 3.95. The summed E-state index contributed by atoms with van der Waals surface area (Å²) in [7, 11) is 0. The van der Waals surface area contributed by atoms with E-state index in [2.05, 4.69) is 22.3 Å². The van der Waals surface area contributed by atoms with Gasteiger partial charge >= 0.3 is 5.97 Å². The first-order valence-corrected chi connectivity index (χ1v) is 7.35. The minimum absolute atomic E-state index is 0.0892. The zero-order valence-corrected chi connectivity index (χ0v) is 12.3. The SMILES string of the molecule is CC(C(=O)O)C(=O)NC1CCN(Cc2ccccc2)CC1. The maximum atomic E-state index is 11.7. The predicted molar refractivity (Wildman–Crippen MR) is 79.7 cm³/mol. The van der Waals surface area contributed by atoms with Crippen LogP contribution in [0.2, 0.25) is 0 Å². The van der Waals surface area contributed by atoms with Gasteiger partial charge in [0.25, 0.3) is 0 Å². The van der Waals surface area contributed by atoms with E-state index in [9.17, 15) is 9.59 Å². The number of carboxylic acid groups (broad SMARTS) is 1. The molecule has 114 valence electrons. The topological polar surface area (TPSA) is 69.6 Å². The van der Waals surface area contributed by atoms with Crippen molar-refractivity contribution in [3.8, 4) is 0 Å². The van der Waals surface area contributed by atoms with Crippen molar-refractivity contribution in [1.82, 2.24) is 10.2 Å². The number of piperidine rings is 1. The number of amides is 1. The van der Waals surface area contributed by atoms with Crippen LogP contribution in [0.4, 0.5) is 0 Å². The van der Waals surface area contributed by atoms with Crippen molar-refractivity contribution in [2.75, 3.05) is 13.1 Å². The number of carbonyl (C=O) groups excluding carboxylic acids is 1. The first kappa shape index (κ1) is 15.5. The third-order valence-corrected chi connectivity index (χ3v) is 3.95. The van der Waals surface area contributed by atoms with Gasteiger partial charge in [-0.1, -0.05) is 30.3 Å². The number of hydrogen-bond acceptors (Lipinski definition) is 3. The standard InChI is InChI=1S/C16H22N2O3/c1-12(16(20)21)15(19)17-14-7-9-18(10-8-14)11-13-5-3-2-4-6-13/h2-6,12,14H,7-11H2,1H3,(H,17,19)(H,20,21). The van der Waals surface area contributed by atoms with E-state index in [-0.39, 0.29) is 11.9 Å². The molecule has 1 unspecified atom stereocenters. The summed E-state index contributed by atoms with van der Waals surface area (Å²) in [6.45, 7) is 4.18. The molecular formula is C16H22N2O3. The molecular weight excluding hydrogens is 268 g/mol. The van der Waals surface area contributed by atoms with Crippen LogP contribution in [0.3, 0.4) is 0 Å². The van der Waals surface area contributed by atoms with Crippen molar-refractivity contribution in [2.24, 2.45) is 5.92 Å². The smallest absolute Gasteiger partial charge is 0.315 e. The van der Waals surface area contributed by atoms with Crippen molar-refractivity contribution in [1.29, 1.82) is 0 Å². The molecule has 0 spiro atoms. The molecule has 1 aliphatic rings. The average molecular weight is 290 g/mol. The summed E-state index contributed by atoms with van der Waals surface area (Å²) in [5, 5.41) is 11.7. The fraction of sp³-hybridized carbons (Fsp3) is 0.500. The number of nitrogens with zero attached hydrogens (tertiary/aromatic N) is 1. The fourth-order valence-electron chi connectivity index (χ4n) is 2.52. The molecule has 1 amide bonds. The minimum Gasteiger partial charge on any atom is -0.481 e. The molecule has 0 aliphatic carbocycles. The van der Waals surface area contributed by atoms with Gasteiger partial charge in [-0.05, 0) is 25.3 Å². The van der Waals surface area contributed by atoms with E-state index in [0.29, 0.717) is 0 Å². The zero-order chi connectivity index (χ0) is 15.2. The molecule has 1 heterocycles. The Balaban J connectivity index is 1.76. The van der Waals surface area contributed by atoms with E-state index in [1.165, 1.54) is 12.5 Å². The van der Waals surface area contributed by atoms with Gasteiger partial charge in [-0.2, -0.15) is 0 Å². The monoisotopic (exact) mass is 290 g/mol. The lowest BCUT2D eigenvalue weighted by Gasteiger charge is -2.32. The Labute approximate surface area is 125 Å². The molecule has 5 heteroatoms. The molecule has 2 rings (SSSR count). The van der Waals surface area contributed by atoms with Gasteiger partial charge in [0.1, 0.15) is 5.92 Å². The van der Waals surface area contributed by atoms with Crippen LogP contribution >= 0.6 is 0 Å². The van der Waals surface area contributed by atoms with Crippen LogP contribution in [-0.2, 0) is 16.1 Å². The summed E-state index contributed by atoms with van der Waals surface area (Å²) in [5.41, 5.74) is 1.29. The second kappa shape index (κ2) is 7.22. The van der Waals surface area contributed by atoms with Crippen molar-refractivity contribution >= 4 is 11.9 Å². The Morgan fingerprint density at radius 3 is 2.48 bits per heavy atom. The highest BCUT2D eigenvalue weighted by Crippen LogP contribution is 2.14. The van der Waals surface area contributed by atoms with Crippen molar-refractivity contribution in [2.45, 2.75) is 32.4 Å². The largest absolute Gasteiger partial charge is 0.481 e. The van der Waals surface area contributed by atoms with Gasteiger partial charge in [-0.25, -0.2) is 0 Å². The lowest BCUT2D eigenvalue weighted by Crippen LogP contribution is -2.46. The summed E-state index contributed by atoms with van der Waals surface area (Å²) in [4.78, 5) is 24.8. The van der Waals surface area contributed by atoms with Crippen LogP contribution in [0.5, 0.6) is 0 Å². The summed E-state index contributed by atoms with van der Waals surface area (Å²) in [6.07, 6.45) is 1.73. The number of carbonyl (C=O) groups is 2. The van der Waals surface area contributed by atoms with Gasteiger partial charge in [0, 0.05) is 25.7 Å². The zero-order valence-electron chi connectivity index (χ0n) is 12.3. The lowest BCUT2D eigenvalue weighted by molar-refractivity contribution is -0.146. The van der Waals surface area contributed by atoms with Gasteiger partial charge in [0.05, 0.1) is 0 Å². The Morgan fingerprint density at radius 1 is 1.29 bits per heavy atom. The highest BCUT2D eigenvalue weighted by atomic mass is 16.4. The molecule has 1 aromatic rings. The van der Waals surface area contributed by atoms with Crippen LogP contribution in [0.15, 0.2) is 30.3 Å². The van der Waals surface area contributed by atoms with Crippen LogP contribution in [0.1, 0.15) is 25.3 Å². The van der Waals surface area contributed by atoms with Gasteiger partial charge < -0.3 is 10.4 Å². The van der Waals surface area contributed by atoms with E-state index < -0.39 is 11.9 Å².